The number of nitrogens with zero attached hydrogens (tertiary/aromatic N) is 3. The van der Waals surface area contributed by atoms with Crippen LogP contribution in [0.1, 0.15) is 5.69 Å². The number of hydrogen-bond donors (Lipinski definition) is 0. The van der Waals surface area contributed by atoms with E-state index in [-0.39, 0.29) is 0 Å². The lowest BCUT2D eigenvalue weighted by Gasteiger charge is -2.03. The summed E-state index contributed by atoms with van der Waals surface area (Å²) in [6, 6.07) is 9.58. The van der Waals surface area contributed by atoms with E-state index < -0.39 is 0 Å². The molecule has 0 saturated carbocycles. The molecule has 18 heavy (non-hydrogen) atoms. The molecule has 0 aliphatic carbocycles. The van der Waals surface area contributed by atoms with E-state index >= 15 is 0 Å². The Hall–Kier alpha value is -1.96. The Bertz CT molecular complexity index is 773. The van der Waals surface area contributed by atoms with Gasteiger partial charge in [0.15, 0.2) is 5.69 Å². The van der Waals surface area contributed by atoms with E-state index in [1.165, 1.54) is 11.3 Å². The second kappa shape index (κ2) is 4.37. The van der Waals surface area contributed by atoms with Crippen LogP contribution in [-0.2, 0) is 0 Å². The third-order valence-corrected chi connectivity index (χ3v) is 3.73. The van der Waals surface area contributed by atoms with Gasteiger partial charge in [-0.05, 0) is 6.07 Å². The maximum atomic E-state index is 8.77. The van der Waals surface area contributed by atoms with Crippen LogP contribution in [0, 0.1) is 17.5 Å². The molecule has 0 amide bonds. The molecule has 2 aromatic heterocycles. The number of rotatable bonds is 1. The highest BCUT2D eigenvalue weighted by Crippen LogP contribution is 2.33. The Morgan fingerprint density at radius 2 is 2.17 bits per heavy atom. The lowest BCUT2D eigenvalue weighted by atomic mass is 10.1. The Kier molecular flexibility index (Phi) is 2.71. The fraction of sp³-hybridized carbons (Fsp3) is 0. The molecule has 5 heteroatoms. The van der Waals surface area contributed by atoms with Crippen molar-refractivity contribution in [3.63, 3.8) is 0 Å². The van der Waals surface area contributed by atoms with E-state index in [1.807, 2.05) is 30.3 Å². The average Bonchev–Trinajstić information content (AvgIpc) is 2.88. The van der Waals surface area contributed by atoms with Gasteiger partial charge in [-0.3, -0.25) is 0 Å². The molecule has 1 aromatic carbocycles. The van der Waals surface area contributed by atoms with Crippen molar-refractivity contribution in [2.24, 2.45) is 0 Å². The van der Waals surface area contributed by atoms with Crippen molar-refractivity contribution in [1.82, 2.24) is 9.97 Å². The highest BCUT2D eigenvalue weighted by Gasteiger charge is 2.12. The van der Waals surface area contributed by atoms with Crippen LogP contribution >= 0.6 is 22.9 Å². The Balaban J connectivity index is 2.24. The normalized spacial score (nSPS) is 10.4. The third kappa shape index (κ3) is 1.74. The Labute approximate surface area is 112 Å². The van der Waals surface area contributed by atoms with Crippen molar-refractivity contribution in [2.45, 2.75) is 0 Å². The predicted octanol–water partition coefficient (Wildman–Crippen LogP) is 3.68. The molecule has 0 saturated heterocycles. The molecular weight excluding hydrogens is 266 g/mol. The van der Waals surface area contributed by atoms with Gasteiger partial charge in [-0.25, -0.2) is 9.97 Å². The van der Waals surface area contributed by atoms with Crippen LogP contribution in [0.25, 0.3) is 21.5 Å². The molecule has 0 bridgehead atoms. The SMILES string of the molecule is N#Cc1csc(-c2[c]nc3ccccc3c2Cl)n1. The molecule has 85 valence electrons. The zero-order valence-electron chi connectivity index (χ0n) is 9.01. The second-order valence-electron chi connectivity index (χ2n) is 3.58. The van der Waals surface area contributed by atoms with Gasteiger partial charge in [-0.1, -0.05) is 29.8 Å². The molecule has 3 aromatic rings. The number of aromatic nitrogens is 2. The minimum absolute atomic E-state index is 0.382. The van der Waals surface area contributed by atoms with Gasteiger partial charge in [0.05, 0.1) is 16.1 Å². The molecule has 1 radical (unpaired) electrons. The van der Waals surface area contributed by atoms with E-state index in [2.05, 4.69) is 16.2 Å². The van der Waals surface area contributed by atoms with Gasteiger partial charge >= 0.3 is 0 Å². The molecule has 0 fully saturated rings. The quantitative estimate of drug-likeness (QED) is 0.678. The van der Waals surface area contributed by atoms with Crippen LogP contribution in [0.3, 0.4) is 0 Å². The van der Waals surface area contributed by atoms with E-state index in [0.717, 1.165) is 10.9 Å². The van der Waals surface area contributed by atoms with Crippen molar-refractivity contribution in [3.05, 3.63) is 46.6 Å². The summed E-state index contributed by atoms with van der Waals surface area (Å²) in [5, 5.41) is 12.6. The second-order valence-corrected chi connectivity index (χ2v) is 4.82. The van der Waals surface area contributed by atoms with Crippen LogP contribution in [0.5, 0.6) is 0 Å². The van der Waals surface area contributed by atoms with E-state index in [0.29, 0.717) is 21.3 Å². The molecule has 0 N–H and O–H groups in total. The maximum Gasteiger partial charge on any atom is 0.152 e. The number of halogens is 1. The molecule has 3 rings (SSSR count). The number of nitriles is 1. The first-order valence-corrected chi connectivity index (χ1v) is 6.37. The van der Waals surface area contributed by atoms with E-state index in [1.54, 1.807) is 5.38 Å². The Morgan fingerprint density at radius 3 is 2.94 bits per heavy atom. The lowest BCUT2D eigenvalue weighted by molar-refractivity contribution is 1.31. The number of fused-ring (bicyclic) bond motifs is 1. The van der Waals surface area contributed by atoms with Crippen LogP contribution < -0.4 is 0 Å². The number of thiazole rings is 1. The summed E-state index contributed by atoms with van der Waals surface area (Å²) >= 11 is 7.70. The van der Waals surface area contributed by atoms with Gasteiger partial charge in [0.2, 0.25) is 0 Å². The minimum Gasteiger partial charge on any atom is -0.245 e. The van der Waals surface area contributed by atoms with Crippen molar-refractivity contribution in [1.29, 1.82) is 5.26 Å². The number of hydrogen-bond acceptors (Lipinski definition) is 4. The number of benzene rings is 1. The van der Waals surface area contributed by atoms with Crippen LogP contribution in [0.4, 0.5) is 0 Å². The molecule has 2 heterocycles. The summed E-state index contributed by atoms with van der Waals surface area (Å²) in [6.45, 7) is 0. The summed E-state index contributed by atoms with van der Waals surface area (Å²) in [4.78, 5) is 8.40. The molecular formula is C13H5ClN3S. The number of pyridine rings is 1. The zero-order chi connectivity index (χ0) is 12.5. The van der Waals surface area contributed by atoms with Crippen molar-refractivity contribution < 1.29 is 0 Å². The van der Waals surface area contributed by atoms with Gasteiger partial charge in [0, 0.05) is 10.8 Å². The molecule has 0 spiro atoms. The summed E-state index contributed by atoms with van der Waals surface area (Å²) in [7, 11) is 0. The average molecular weight is 271 g/mol. The molecule has 0 aliphatic rings. The van der Waals surface area contributed by atoms with Gasteiger partial charge in [0.25, 0.3) is 0 Å². The molecule has 3 nitrogen and oxygen atoms in total. The van der Waals surface area contributed by atoms with Crippen molar-refractivity contribution in [2.75, 3.05) is 0 Å². The van der Waals surface area contributed by atoms with Crippen molar-refractivity contribution >= 4 is 33.8 Å². The monoisotopic (exact) mass is 270 g/mol. The summed E-state index contributed by atoms with van der Waals surface area (Å²) in [5.74, 6) is 0. The van der Waals surface area contributed by atoms with Gasteiger partial charge in [-0.15, -0.1) is 11.3 Å². The van der Waals surface area contributed by atoms with E-state index in [4.69, 9.17) is 16.9 Å². The molecule has 0 unspecified atom stereocenters. The molecule has 0 aliphatic heterocycles. The third-order valence-electron chi connectivity index (χ3n) is 2.48. The molecule has 0 atom stereocenters. The van der Waals surface area contributed by atoms with Gasteiger partial charge < -0.3 is 0 Å². The topological polar surface area (TPSA) is 49.6 Å². The predicted molar refractivity (Wildman–Crippen MR) is 71.4 cm³/mol. The van der Waals surface area contributed by atoms with E-state index in [9.17, 15) is 0 Å². The lowest BCUT2D eigenvalue weighted by Crippen LogP contribution is -1.86. The highest BCUT2D eigenvalue weighted by molar-refractivity contribution is 7.13. The standard InChI is InChI=1S/C13H5ClN3S/c14-12-9-3-1-2-4-11(9)16-6-10(12)13-17-8(5-15)7-18-13/h1-4,7H. The smallest absolute Gasteiger partial charge is 0.152 e. The minimum atomic E-state index is 0.382. The summed E-state index contributed by atoms with van der Waals surface area (Å²) in [5.41, 5.74) is 1.82. The first-order valence-electron chi connectivity index (χ1n) is 5.11. The van der Waals surface area contributed by atoms with Crippen LogP contribution in [-0.4, -0.2) is 9.97 Å². The maximum absolute atomic E-state index is 8.77. The van der Waals surface area contributed by atoms with Gasteiger partial charge in [0.1, 0.15) is 17.3 Å². The fourth-order valence-electron chi connectivity index (χ4n) is 1.64. The Morgan fingerprint density at radius 1 is 1.33 bits per heavy atom. The fourth-order valence-corrected chi connectivity index (χ4v) is 2.73. The highest BCUT2D eigenvalue weighted by atomic mass is 35.5. The zero-order valence-corrected chi connectivity index (χ0v) is 10.6. The first-order chi connectivity index (χ1) is 8.79. The van der Waals surface area contributed by atoms with Crippen molar-refractivity contribution in [3.8, 4) is 16.6 Å². The first kappa shape index (κ1) is 11.1. The summed E-state index contributed by atoms with van der Waals surface area (Å²) < 4.78 is 0. The van der Waals surface area contributed by atoms with Crippen LogP contribution in [0.2, 0.25) is 5.02 Å². The number of para-hydroxylation sites is 1. The largest absolute Gasteiger partial charge is 0.245 e. The van der Waals surface area contributed by atoms with Crippen LogP contribution in [0.15, 0.2) is 29.6 Å². The van der Waals surface area contributed by atoms with Gasteiger partial charge in [-0.2, -0.15) is 5.26 Å². The summed E-state index contributed by atoms with van der Waals surface area (Å²) in [6.07, 6.45) is 2.89.